The lowest BCUT2D eigenvalue weighted by molar-refractivity contribution is -0.130. The molecule has 0 saturated carbocycles. The molecular formula is C34H36Cl2N8O4. The van der Waals surface area contributed by atoms with Crippen LogP contribution in [-0.2, 0) is 36.1 Å². The van der Waals surface area contributed by atoms with Gasteiger partial charge in [-0.2, -0.15) is 0 Å². The van der Waals surface area contributed by atoms with Crippen molar-refractivity contribution in [2.24, 2.45) is 12.8 Å². The van der Waals surface area contributed by atoms with Crippen LogP contribution in [-0.4, -0.2) is 69.9 Å². The largest absolute Gasteiger partial charge is 0.496 e. The highest BCUT2D eigenvalue weighted by Crippen LogP contribution is 2.41. The minimum absolute atomic E-state index is 0.0738. The Hall–Kier alpha value is -4.49. The second-order valence-electron chi connectivity index (χ2n) is 11.8. The maximum atomic E-state index is 13.4. The number of carbonyl (C=O) groups is 3. The van der Waals surface area contributed by atoms with Crippen molar-refractivity contribution >= 4 is 46.6 Å². The van der Waals surface area contributed by atoms with Crippen LogP contribution < -0.4 is 26.4 Å². The zero-order valence-electron chi connectivity index (χ0n) is 26.6. The molecular weight excluding hydrogens is 655 g/mol. The number of hydrogen-bond acceptors (Lipinski definition) is 8. The Kier molecular flexibility index (Phi) is 9.97. The summed E-state index contributed by atoms with van der Waals surface area (Å²) >= 11 is 13.9. The maximum absolute atomic E-state index is 13.4. The van der Waals surface area contributed by atoms with E-state index >= 15 is 0 Å². The summed E-state index contributed by atoms with van der Waals surface area (Å²) < 4.78 is 7.45. The monoisotopic (exact) mass is 690 g/mol. The van der Waals surface area contributed by atoms with Crippen LogP contribution in [0.25, 0.3) is 22.4 Å². The average molecular weight is 692 g/mol. The van der Waals surface area contributed by atoms with E-state index in [0.29, 0.717) is 83.0 Å². The number of benzene rings is 2. The molecule has 0 bridgehead atoms. The number of ether oxygens (including phenoxy) is 1. The lowest BCUT2D eigenvalue weighted by Gasteiger charge is -2.26. The summed E-state index contributed by atoms with van der Waals surface area (Å²) in [7, 11) is 3.40. The maximum Gasteiger partial charge on any atom is 0.291 e. The van der Waals surface area contributed by atoms with Crippen molar-refractivity contribution < 1.29 is 19.1 Å². The molecule has 2 aliphatic rings. The van der Waals surface area contributed by atoms with Gasteiger partial charge in [0.25, 0.3) is 5.91 Å². The van der Waals surface area contributed by atoms with E-state index in [4.69, 9.17) is 33.7 Å². The molecule has 1 fully saturated rings. The lowest BCUT2D eigenvalue weighted by atomic mass is 10.0. The van der Waals surface area contributed by atoms with Gasteiger partial charge in [0.15, 0.2) is 5.82 Å². The first-order valence-electron chi connectivity index (χ1n) is 15.6. The van der Waals surface area contributed by atoms with E-state index in [1.165, 1.54) is 0 Å². The standard InChI is InChI=1S/C34H36Cl2N8O4/c1-43-26-11-13-44(29(46)15-37)18-25(26)41-33(43)34(47)42-24-5-3-4-22(30(24)35)23-10-12-39-32(31(23)36)19-6-7-20(27(14-19)48-2)16-38-17-21-8-9-28(45)40-21/h3-7,10,12,14,21,38H,8-9,11,13,15-18,37H2,1-2H3,(H,40,45)(H,42,47)/t21-/m1/s1. The van der Waals surface area contributed by atoms with Crippen molar-refractivity contribution in [2.45, 2.75) is 38.4 Å². The second-order valence-corrected chi connectivity index (χ2v) is 12.5. The van der Waals surface area contributed by atoms with E-state index in [-0.39, 0.29) is 30.2 Å². The summed E-state index contributed by atoms with van der Waals surface area (Å²) in [4.78, 5) is 47.8. The Bertz CT molecular complexity index is 1900. The third-order valence-corrected chi connectivity index (χ3v) is 9.55. The zero-order valence-corrected chi connectivity index (χ0v) is 28.1. The van der Waals surface area contributed by atoms with Gasteiger partial charge in [-0.3, -0.25) is 19.4 Å². The van der Waals surface area contributed by atoms with E-state index in [1.807, 2.05) is 24.3 Å². The van der Waals surface area contributed by atoms with Gasteiger partial charge in [-0.25, -0.2) is 4.98 Å². The number of aromatic nitrogens is 3. The molecule has 1 saturated heterocycles. The number of amides is 3. The molecule has 250 valence electrons. The number of nitrogens with one attached hydrogen (secondary N) is 3. The van der Waals surface area contributed by atoms with Gasteiger partial charge in [0.1, 0.15) is 5.75 Å². The molecule has 2 aromatic heterocycles. The van der Waals surface area contributed by atoms with E-state index in [9.17, 15) is 14.4 Å². The molecule has 4 heterocycles. The normalized spacial score (nSPS) is 15.6. The highest BCUT2D eigenvalue weighted by Gasteiger charge is 2.28. The fourth-order valence-electron chi connectivity index (χ4n) is 6.19. The van der Waals surface area contributed by atoms with Gasteiger partial charge in [-0.1, -0.05) is 47.5 Å². The highest BCUT2D eigenvalue weighted by molar-refractivity contribution is 6.39. The van der Waals surface area contributed by atoms with Crippen molar-refractivity contribution in [1.82, 2.24) is 30.1 Å². The van der Waals surface area contributed by atoms with Crippen LogP contribution in [0.3, 0.4) is 0 Å². The summed E-state index contributed by atoms with van der Waals surface area (Å²) in [5.74, 6) is 0.392. The molecule has 3 amide bonds. The Morgan fingerprint density at radius 3 is 2.69 bits per heavy atom. The van der Waals surface area contributed by atoms with Crippen LogP contribution in [0.1, 0.15) is 40.4 Å². The van der Waals surface area contributed by atoms with Gasteiger partial charge in [-0.15, -0.1) is 0 Å². The summed E-state index contributed by atoms with van der Waals surface area (Å²) in [5.41, 5.74) is 11.0. The predicted octanol–water partition coefficient (Wildman–Crippen LogP) is 3.93. The molecule has 2 aromatic carbocycles. The molecule has 1 atom stereocenters. The number of hydrogen-bond donors (Lipinski definition) is 4. The molecule has 12 nitrogen and oxygen atoms in total. The smallest absolute Gasteiger partial charge is 0.291 e. The van der Waals surface area contributed by atoms with Crippen LogP contribution in [0.4, 0.5) is 5.69 Å². The molecule has 2 aliphatic heterocycles. The molecule has 4 aromatic rings. The van der Waals surface area contributed by atoms with Gasteiger partial charge in [0, 0.05) is 79.7 Å². The molecule has 0 unspecified atom stereocenters. The molecule has 0 radical (unpaired) electrons. The second kappa shape index (κ2) is 14.3. The van der Waals surface area contributed by atoms with E-state index in [2.05, 4.69) is 25.9 Å². The van der Waals surface area contributed by atoms with Crippen molar-refractivity contribution in [2.75, 3.05) is 32.1 Å². The first-order valence-corrected chi connectivity index (χ1v) is 16.4. The number of imidazole rings is 1. The topological polar surface area (TPSA) is 156 Å². The average Bonchev–Trinajstić information content (AvgIpc) is 3.67. The van der Waals surface area contributed by atoms with E-state index < -0.39 is 5.91 Å². The Balaban J connectivity index is 1.21. The minimum Gasteiger partial charge on any atom is -0.496 e. The third kappa shape index (κ3) is 6.74. The Morgan fingerprint density at radius 2 is 1.94 bits per heavy atom. The van der Waals surface area contributed by atoms with Crippen LogP contribution in [0.5, 0.6) is 5.75 Å². The molecule has 0 aliphatic carbocycles. The predicted molar refractivity (Wildman–Crippen MR) is 184 cm³/mol. The van der Waals surface area contributed by atoms with E-state index in [1.54, 1.807) is 48.0 Å². The van der Waals surface area contributed by atoms with Crippen LogP contribution in [0.15, 0.2) is 48.7 Å². The number of fused-ring (bicyclic) bond motifs is 1. The van der Waals surface area contributed by atoms with Crippen molar-refractivity contribution in [3.05, 3.63) is 81.5 Å². The Morgan fingerprint density at radius 1 is 1.12 bits per heavy atom. The van der Waals surface area contributed by atoms with Crippen LogP contribution >= 0.6 is 23.2 Å². The van der Waals surface area contributed by atoms with Gasteiger partial charge in [0.05, 0.1) is 47.3 Å². The number of methoxy groups -OCH3 is 1. The van der Waals surface area contributed by atoms with Gasteiger partial charge in [-0.05, 0) is 24.6 Å². The lowest BCUT2D eigenvalue weighted by Crippen LogP contribution is -2.39. The molecule has 0 spiro atoms. The fourth-order valence-corrected chi connectivity index (χ4v) is 6.79. The molecule has 48 heavy (non-hydrogen) atoms. The summed E-state index contributed by atoms with van der Waals surface area (Å²) in [5, 5.41) is 9.95. The summed E-state index contributed by atoms with van der Waals surface area (Å²) in [6, 6.07) is 13.0. The van der Waals surface area contributed by atoms with Crippen molar-refractivity contribution in [1.29, 1.82) is 0 Å². The number of carbonyl (C=O) groups excluding carboxylic acids is 3. The van der Waals surface area contributed by atoms with E-state index in [0.717, 1.165) is 23.2 Å². The SMILES string of the molecule is COc1cc(-c2nccc(-c3cccc(NC(=O)c4nc5c(n4C)CCN(C(=O)CN)C5)c3Cl)c2Cl)ccc1CNC[C@H]1CCC(=O)N1. The minimum atomic E-state index is -0.432. The van der Waals surface area contributed by atoms with Crippen LogP contribution in [0, 0.1) is 0 Å². The van der Waals surface area contributed by atoms with Gasteiger partial charge >= 0.3 is 0 Å². The quantitative estimate of drug-likeness (QED) is 0.195. The molecule has 14 heteroatoms. The summed E-state index contributed by atoms with van der Waals surface area (Å²) in [6.45, 7) is 1.99. The number of anilines is 1. The van der Waals surface area contributed by atoms with Crippen LogP contribution in [0.2, 0.25) is 10.0 Å². The number of rotatable bonds is 10. The number of nitrogens with zero attached hydrogens (tertiary/aromatic N) is 4. The number of nitrogens with two attached hydrogens (primary N) is 1. The Labute approximate surface area is 288 Å². The highest BCUT2D eigenvalue weighted by atomic mass is 35.5. The first-order chi connectivity index (χ1) is 23.2. The molecule has 5 N–H and O–H groups in total. The van der Waals surface area contributed by atoms with Gasteiger partial charge < -0.3 is 35.9 Å². The first kappa shape index (κ1) is 33.4. The summed E-state index contributed by atoms with van der Waals surface area (Å²) in [6.07, 6.45) is 3.62. The number of halogens is 2. The molecule has 6 rings (SSSR count). The van der Waals surface area contributed by atoms with Gasteiger partial charge in [0.2, 0.25) is 11.8 Å². The number of pyridine rings is 1. The fraction of sp³-hybridized carbons (Fsp3) is 0.324. The third-order valence-electron chi connectivity index (χ3n) is 8.76. The van der Waals surface area contributed by atoms with Crippen molar-refractivity contribution in [3.8, 4) is 28.1 Å². The zero-order chi connectivity index (χ0) is 33.9. The van der Waals surface area contributed by atoms with Crippen molar-refractivity contribution in [3.63, 3.8) is 0 Å².